The second-order valence-electron chi connectivity index (χ2n) is 3.03. The number of nitrogens with zero attached hydrogens (tertiary/aromatic N) is 4. The summed E-state index contributed by atoms with van der Waals surface area (Å²) in [5.41, 5.74) is 3.38. The number of rotatable bonds is 4. The molecule has 0 aliphatic heterocycles. The van der Waals surface area contributed by atoms with Gasteiger partial charge in [0, 0.05) is 11.8 Å². The van der Waals surface area contributed by atoms with Crippen LogP contribution >= 0.6 is 11.8 Å². The summed E-state index contributed by atoms with van der Waals surface area (Å²) < 4.78 is 0. The molecular weight excluding hydrogens is 226 g/mol. The number of aryl methyl sites for hydroxylation is 1. The topological polar surface area (TPSA) is 105 Å². The molecule has 0 atom stereocenters. The number of hydrogen-bond donors (Lipinski definition) is 3. The maximum atomic E-state index is 5.30. The number of hydrazine groups is 1. The Bertz CT molecular complexity index is 455. The third kappa shape index (κ3) is 2.67. The lowest BCUT2D eigenvalue weighted by molar-refractivity contribution is 0.958. The summed E-state index contributed by atoms with van der Waals surface area (Å²) in [7, 11) is 0. The summed E-state index contributed by atoms with van der Waals surface area (Å²) >= 11 is 1.49. The van der Waals surface area contributed by atoms with Gasteiger partial charge in [0.15, 0.2) is 5.16 Å². The third-order valence-corrected chi connectivity index (χ3v) is 2.65. The summed E-state index contributed by atoms with van der Waals surface area (Å²) in [5.74, 6) is 7.23. The van der Waals surface area contributed by atoms with Gasteiger partial charge >= 0.3 is 0 Å². The largest absolute Gasteiger partial charge is 0.308 e. The van der Waals surface area contributed by atoms with Crippen molar-refractivity contribution >= 4 is 17.6 Å². The molecule has 16 heavy (non-hydrogen) atoms. The zero-order valence-corrected chi connectivity index (χ0v) is 9.45. The molecule has 0 aliphatic carbocycles. The Morgan fingerprint density at radius 1 is 1.50 bits per heavy atom. The molecule has 0 saturated carbocycles. The molecule has 2 aromatic heterocycles. The predicted octanol–water partition coefficient (Wildman–Crippen LogP) is 0.481. The molecule has 0 amide bonds. The van der Waals surface area contributed by atoms with Crippen LogP contribution in [0.2, 0.25) is 0 Å². The van der Waals surface area contributed by atoms with Gasteiger partial charge in [0.25, 0.3) is 0 Å². The number of anilines is 1. The van der Waals surface area contributed by atoms with Crippen LogP contribution in [0.5, 0.6) is 0 Å². The van der Waals surface area contributed by atoms with Crippen molar-refractivity contribution in [2.75, 3.05) is 5.43 Å². The predicted molar refractivity (Wildman–Crippen MR) is 60.5 cm³/mol. The molecule has 2 heterocycles. The number of thioether (sulfide) groups is 1. The van der Waals surface area contributed by atoms with Crippen molar-refractivity contribution in [1.29, 1.82) is 0 Å². The molecule has 4 N–H and O–H groups in total. The first kappa shape index (κ1) is 10.8. The van der Waals surface area contributed by atoms with Crippen LogP contribution in [0.25, 0.3) is 0 Å². The summed E-state index contributed by atoms with van der Waals surface area (Å²) in [5, 5.41) is 7.26. The van der Waals surface area contributed by atoms with Gasteiger partial charge in [-0.05, 0) is 6.92 Å². The molecule has 2 rings (SSSR count). The smallest absolute Gasteiger partial charge is 0.183 e. The van der Waals surface area contributed by atoms with Crippen molar-refractivity contribution in [3.8, 4) is 0 Å². The average Bonchev–Trinajstić information content (AvgIpc) is 2.78. The van der Waals surface area contributed by atoms with Gasteiger partial charge in [0.1, 0.15) is 18.0 Å². The lowest BCUT2D eigenvalue weighted by Crippen LogP contribution is -2.10. The maximum Gasteiger partial charge on any atom is 0.183 e. The molecule has 0 aromatic carbocycles. The van der Waals surface area contributed by atoms with Crippen LogP contribution < -0.4 is 11.3 Å². The number of hydrogen-bond acceptors (Lipinski definition) is 7. The van der Waals surface area contributed by atoms with Crippen LogP contribution in [0.4, 0.5) is 5.82 Å². The summed E-state index contributed by atoms with van der Waals surface area (Å²) in [6, 6.07) is 1.78. The van der Waals surface area contributed by atoms with Crippen molar-refractivity contribution in [1.82, 2.24) is 25.1 Å². The fourth-order valence-corrected chi connectivity index (χ4v) is 1.80. The van der Waals surface area contributed by atoms with Crippen LogP contribution in [-0.2, 0) is 5.75 Å². The van der Waals surface area contributed by atoms with E-state index in [1.807, 2.05) is 6.92 Å². The fourth-order valence-electron chi connectivity index (χ4n) is 1.17. The highest BCUT2D eigenvalue weighted by atomic mass is 32.2. The normalized spacial score (nSPS) is 10.4. The Balaban J connectivity index is 2.06. The zero-order valence-electron chi connectivity index (χ0n) is 8.64. The van der Waals surface area contributed by atoms with Crippen molar-refractivity contribution in [3.63, 3.8) is 0 Å². The molecule has 0 bridgehead atoms. The van der Waals surface area contributed by atoms with E-state index in [2.05, 4.69) is 30.6 Å². The Labute approximate surface area is 96.3 Å². The van der Waals surface area contributed by atoms with E-state index in [-0.39, 0.29) is 0 Å². The zero-order chi connectivity index (χ0) is 11.4. The number of aromatic amines is 1. The van der Waals surface area contributed by atoms with Gasteiger partial charge in [-0.25, -0.2) is 20.8 Å². The fraction of sp³-hybridized carbons (Fsp3) is 0.250. The van der Waals surface area contributed by atoms with Gasteiger partial charge in [-0.3, -0.25) is 5.10 Å². The lowest BCUT2D eigenvalue weighted by atomic mass is 10.4. The highest BCUT2D eigenvalue weighted by Gasteiger charge is 2.03. The van der Waals surface area contributed by atoms with Crippen molar-refractivity contribution in [3.05, 3.63) is 23.9 Å². The quantitative estimate of drug-likeness (QED) is 0.403. The Morgan fingerprint density at radius 3 is 3.06 bits per heavy atom. The molecule has 7 nitrogen and oxygen atoms in total. The third-order valence-electron chi connectivity index (χ3n) is 1.78. The number of H-pyrrole nitrogens is 1. The summed E-state index contributed by atoms with van der Waals surface area (Å²) in [4.78, 5) is 12.5. The Morgan fingerprint density at radius 2 is 2.38 bits per heavy atom. The SMILES string of the molecule is Cc1cc(NN)nc(CSc2ncn[nH]2)n1. The summed E-state index contributed by atoms with van der Waals surface area (Å²) in [6.07, 6.45) is 1.46. The molecule has 0 fully saturated rings. The van der Waals surface area contributed by atoms with E-state index in [0.29, 0.717) is 17.4 Å². The molecule has 0 unspecified atom stereocenters. The van der Waals surface area contributed by atoms with E-state index in [0.717, 1.165) is 10.9 Å². The minimum atomic E-state index is 0.612. The first-order valence-electron chi connectivity index (χ1n) is 4.57. The van der Waals surface area contributed by atoms with Crippen molar-refractivity contribution in [2.24, 2.45) is 5.84 Å². The van der Waals surface area contributed by atoms with Crippen LogP contribution in [0.3, 0.4) is 0 Å². The van der Waals surface area contributed by atoms with Crippen molar-refractivity contribution in [2.45, 2.75) is 17.8 Å². The lowest BCUT2D eigenvalue weighted by Gasteiger charge is -2.03. The number of nitrogens with one attached hydrogen (secondary N) is 2. The number of nitrogen functional groups attached to an aromatic ring is 1. The first-order chi connectivity index (χ1) is 7.78. The van der Waals surface area contributed by atoms with Crippen molar-refractivity contribution < 1.29 is 0 Å². The van der Waals surface area contributed by atoms with Crippen LogP contribution in [0.15, 0.2) is 17.6 Å². The highest BCUT2D eigenvalue weighted by molar-refractivity contribution is 7.98. The molecule has 0 spiro atoms. The van der Waals surface area contributed by atoms with E-state index < -0.39 is 0 Å². The van der Waals surface area contributed by atoms with Gasteiger partial charge in [0.2, 0.25) is 0 Å². The Hall–Kier alpha value is -1.67. The van der Waals surface area contributed by atoms with E-state index in [1.165, 1.54) is 18.1 Å². The standard InChI is InChI=1S/C8H11N7S/c1-5-2-6(14-9)13-7(12-5)3-16-8-10-4-11-15-8/h2,4H,3,9H2,1H3,(H,10,11,15)(H,12,13,14). The number of aromatic nitrogens is 5. The molecule has 0 saturated heterocycles. The number of nitrogens with two attached hydrogens (primary N) is 1. The maximum absolute atomic E-state index is 5.30. The van der Waals surface area contributed by atoms with E-state index in [9.17, 15) is 0 Å². The summed E-state index contributed by atoms with van der Waals surface area (Å²) in [6.45, 7) is 1.89. The van der Waals surface area contributed by atoms with Gasteiger partial charge in [-0.15, -0.1) is 0 Å². The minimum Gasteiger partial charge on any atom is -0.308 e. The van der Waals surface area contributed by atoms with Crippen LogP contribution in [0, 0.1) is 6.92 Å². The van der Waals surface area contributed by atoms with E-state index in [4.69, 9.17) is 5.84 Å². The second kappa shape index (κ2) is 4.90. The van der Waals surface area contributed by atoms with E-state index >= 15 is 0 Å². The van der Waals surface area contributed by atoms with Gasteiger partial charge in [0.05, 0.1) is 5.75 Å². The van der Waals surface area contributed by atoms with Crippen LogP contribution in [-0.4, -0.2) is 25.1 Å². The van der Waals surface area contributed by atoms with Gasteiger partial charge in [-0.1, -0.05) is 11.8 Å². The highest BCUT2D eigenvalue weighted by Crippen LogP contribution is 2.17. The Kier molecular flexibility index (Phi) is 3.32. The molecule has 84 valence electrons. The average molecular weight is 237 g/mol. The molecular formula is C8H11N7S. The van der Waals surface area contributed by atoms with E-state index in [1.54, 1.807) is 6.07 Å². The van der Waals surface area contributed by atoms with Gasteiger partial charge in [-0.2, -0.15) is 5.10 Å². The van der Waals surface area contributed by atoms with Crippen LogP contribution in [0.1, 0.15) is 11.5 Å². The second-order valence-corrected chi connectivity index (χ2v) is 4.00. The molecule has 0 radical (unpaired) electrons. The van der Waals surface area contributed by atoms with Gasteiger partial charge < -0.3 is 5.43 Å². The first-order valence-corrected chi connectivity index (χ1v) is 5.56. The molecule has 2 aromatic rings. The molecule has 8 heteroatoms. The minimum absolute atomic E-state index is 0.612. The monoisotopic (exact) mass is 237 g/mol. The molecule has 0 aliphatic rings.